The molecule has 0 spiro atoms. The molecule has 6 heteroatoms. The second kappa shape index (κ2) is 6.38. The molecule has 0 radical (unpaired) electrons. The number of aryl methyl sites for hydroxylation is 1. The van der Waals surface area contributed by atoms with Gasteiger partial charge in [0.25, 0.3) is 0 Å². The van der Waals surface area contributed by atoms with Crippen molar-refractivity contribution in [3.05, 3.63) is 23.8 Å². The number of nitrogens with one attached hydrogen (secondary N) is 1. The van der Waals surface area contributed by atoms with Crippen LogP contribution < -0.4 is 5.32 Å². The van der Waals surface area contributed by atoms with E-state index in [4.69, 9.17) is 0 Å². The van der Waals surface area contributed by atoms with Crippen molar-refractivity contribution < 1.29 is 13.2 Å². The Kier molecular flexibility index (Phi) is 4.49. The monoisotopic (exact) mass is 322 g/mol. The molecule has 0 unspecified atom stereocenters. The Morgan fingerprint density at radius 3 is 2.36 bits per heavy atom. The highest BCUT2D eigenvalue weighted by molar-refractivity contribution is 7.89. The van der Waals surface area contributed by atoms with E-state index in [9.17, 15) is 13.2 Å². The third kappa shape index (κ3) is 3.17. The number of sulfonamides is 1. The molecular formula is C16H22N2O3S. The average molecular weight is 322 g/mol. The number of carbonyl (C=O) groups excluding carboxylic acids is 1. The van der Waals surface area contributed by atoms with Crippen LogP contribution in [0.4, 0.5) is 5.69 Å². The molecule has 5 nitrogen and oxygen atoms in total. The summed E-state index contributed by atoms with van der Waals surface area (Å²) in [5.41, 5.74) is 1.65. The Morgan fingerprint density at radius 2 is 1.64 bits per heavy atom. The van der Waals surface area contributed by atoms with Crippen molar-refractivity contribution in [1.29, 1.82) is 0 Å². The third-order valence-electron chi connectivity index (χ3n) is 4.43. The first-order chi connectivity index (χ1) is 10.6. The number of hydrogen-bond acceptors (Lipinski definition) is 3. The molecule has 0 atom stereocenters. The number of amides is 1. The van der Waals surface area contributed by atoms with Gasteiger partial charge in [0.15, 0.2) is 0 Å². The van der Waals surface area contributed by atoms with Gasteiger partial charge in [-0.15, -0.1) is 0 Å². The molecule has 3 rings (SSSR count). The fourth-order valence-electron chi connectivity index (χ4n) is 3.13. The van der Waals surface area contributed by atoms with Gasteiger partial charge in [0, 0.05) is 25.2 Å². The van der Waals surface area contributed by atoms with Gasteiger partial charge in [0.05, 0.1) is 4.90 Å². The lowest BCUT2D eigenvalue weighted by molar-refractivity contribution is -0.116. The molecule has 1 aromatic carbocycles. The molecule has 0 aromatic heterocycles. The molecule has 1 amide bonds. The molecule has 1 aromatic rings. The molecule has 2 aliphatic rings. The van der Waals surface area contributed by atoms with Crippen LogP contribution >= 0.6 is 0 Å². The lowest BCUT2D eigenvalue weighted by atomic mass is 10.0. The molecule has 120 valence electrons. The van der Waals surface area contributed by atoms with Gasteiger partial charge in [-0.05, 0) is 43.0 Å². The Labute approximate surface area is 131 Å². The number of hydrogen-bond donors (Lipinski definition) is 1. The van der Waals surface area contributed by atoms with E-state index >= 15 is 0 Å². The number of benzene rings is 1. The third-order valence-corrected chi connectivity index (χ3v) is 6.32. The lowest BCUT2D eigenvalue weighted by Gasteiger charge is -2.25. The van der Waals surface area contributed by atoms with Gasteiger partial charge in [0.1, 0.15) is 0 Å². The molecule has 0 aliphatic carbocycles. The van der Waals surface area contributed by atoms with Gasteiger partial charge in [-0.1, -0.05) is 19.3 Å². The van der Waals surface area contributed by atoms with Crippen LogP contribution in [-0.4, -0.2) is 31.7 Å². The van der Waals surface area contributed by atoms with Crippen molar-refractivity contribution in [1.82, 2.24) is 4.31 Å². The van der Waals surface area contributed by atoms with Gasteiger partial charge in [-0.25, -0.2) is 8.42 Å². The minimum absolute atomic E-state index is 0.00752. The van der Waals surface area contributed by atoms with E-state index in [0.29, 0.717) is 30.8 Å². The predicted molar refractivity (Wildman–Crippen MR) is 85.2 cm³/mol. The maximum atomic E-state index is 12.8. The van der Waals surface area contributed by atoms with Crippen LogP contribution in [0.3, 0.4) is 0 Å². The molecule has 0 saturated carbocycles. The molecule has 1 fully saturated rings. The number of nitrogens with zero attached hydrogens (tertiary/aromatic N) is 1. The number of rotatable bonds is 2. The largest absolute Gasteiger partial charge is 0.326 e. The fraction of sp³-hybridized carbons (Fsp3) is 0.562. The minimum Gasteiger partial charge on any atom is -0.326 e. The fourth-order valence-corrected chi connectivity index (χ4v) is 4.70. The van der Waals surface area contributed by atoms with Crippen molar-refractivity contribution >= 4 is 21.6 Å². The first kappa shape index (κ1) is 15.5. The first-order valence-electron chi connectivity index (χ1n) is 8.00. The molecule has 0 bridgehead atoms. The van der Waals surface area contributed by atoms with E-state index in [1.807, 2.05) is 0 Å². The Morgan fingerprint density at radius 1 is 0.955 bits per heavy atom. The number of fused-ring (bicyclic) bond motifs is 1. The minimum atomic E-state index is -3.43. The molecule has 1 N–H and O–H groups in total. The van der Waals surface area contributed by atoms with Gasteiger partial charge < -0.3 is 5.32 Å². The lowest BCUT2D eigenvalue weighted by Crippen LogP contribution is -2.34. The highest BCUT2D eigenvalue weighted by atomic mass is 32.2. The molecule has 1 saturated heterocycles. The van der Waals surface area contributed by atoms with E-state index in [1.165, 1.54) is 6.42 Å². The van der Waals surface area contributed by atoms with Crippen molar-refractivity contribution in [2.75, 3.05) is 18.4 Å². The van der Waals surface area contributed by atoms with Gasteiger partial charge >= 0.3 is 0 Å². The quantitative estimate of drug-likeness (QED) is 0.910. The van der Waals surface area contributed by atoms with E-state index in [1.54, 1.807) is 22.5 Å². The van der Waals surface area contributed by atoms with Crippen molar-refractivity contribution in [3.63, 3.8) is 0 Å². The van der Waals surface area contributed by atoms with Crippen LogP contribution in [0.15, 0.2) is 23.1 Å². The van der Waals surface area contributed by atoms with E-state index in [-0.39, 0.29) is 5.91 Å². The molecule has 2 heterocycles. The zero-order valence-corrected chi connectivity index (χ0v) is 13.5. The summed E-state index contributed by atoms with van der Waals surface area (Å²) in [6, 6.07) is 5.05. The van der Waals surface area contributed by atoms with Crippen LogP contribution in [0, 0.1) is 0 Å². The zero-order valence-electron chi connectivity index (χ0n) is 12.7. The number of anilines is 1. The topological polar surface area (TPSA) is 66.5 Å². The average Bonchev–Trinajstić information content (AvgIpc) is 2.45. The highest BCUT2D eigenvalue weighted by Crippen LogP contribution is 2.27. The van der Waals surface area contributed by atoms with Crippen molar-refractivity contribution in [2.24, 2.45) is 0 Å². The van der Waals surface area contributed by atoms with E-state index in [2.05, 4.69) is 5.32 Å². The second-order valence-corrected chi connectivity index (χ2v) is 7.98. The van der Waals surface area contributed by atoms with Gasteiger partial charge in [-0.2, -0.15) is 4.31 Å². The number of carbonyl (C=O) groups is 1. The smallest absolute Gasteiger partial charge is 0.243 e. The van der Waals surface area contributed by atoms with E-state index < -0.39 is 10.0 Å². The van der Waals surface area contributed by atoms with Crippen molar-refractivity contribution in [2.45, 2.75) is 49.8 Å². The zero-order chi connectivity index (χ0) is 15.6. The second-order valence-electron chi connectivity index (χ2n) is 6.04. The summed E-state index contributed by atoms with van der Waals surface area (Å²) in [5, 5.41) is 2.79. The van der Waals surface area contributed by atoms with Gasteiger partial charge in [-0.3, -0.25) is 4.79 Å². The van der Waals surface area contributed by atoms with Crippen molar-refractivity contribution in [3.8, 4) is 0 Å². The summed E-state index contributed by atoms with van der Waals surface area (Å²) in [6.07, 6.45) is 6.28. The SMILES string of the molecule is O=C1CCc2cc(S(=O)(=O)N3CCCCCCC3)ccc2N1. The molecule has 22 heavy (non-hydrogen) atoms. The first-order valence-corrected chi connectivity index (χ1v) is 9.44. The Bertz CT molecular complexity index is 662. The maximum absolute atomic E-state index is 12.8. The Hall–Kier alpha value is -1.40. The maximum Gasteiger partial charge on any atom is 0.243 e. The Balaban J connectivity index is 1.86. The summed E-state index contributed by atoms with van der Waals surface area (Å²) in [4.78, 5) is 11.7. The van der Waals surface area contributed by atoms with Crippen LogP contribution in [0.5, 0.6) is 0 Å². The van der Waals surface area contributed by atoms with E-state index in [0.717, 1.165) is 36.9 Å². The summed E-state index contributed by atoms with van der Waals surface area (Å²) in [6.45, 7) is 1.21. The van der Waals surface area contributed by atoms with Crippen LogP contribution in [0.2, 0.25) is 0 Å². The van der Waals surface area contributed by atoms with Crippen LogP contribution in [0.25, 0.3) is 0 Å². The molecular weight excluding hydrogens is 300 g/mol. The summed E-state index contributed by atoms with van der Waals surface area (Å²) in [5.74, 6) is -0.00752. The summed E-state index contributed by atoms with van der Waals surface area (Å²) >= 11 is 0. The normalized spacial score (nSPS) is 20.6. The van der Waals surface area contributed by atoms with Crippen LogP contribution in [0.1, 0.15) is 44.1 Å². The van der Waals surface area contributed by atoms with Gasteiger partial charge in [0.2, 0.25) is 15.9 Å². The van der Waals surface area contributed by atoms with Crippen LogP contribution in [-0.2, 0) is 21.2 Å². The standard InChI is InChI=1S/C16H22N2O3S/c19-16-9-6-13-12-14(7-8-15(13)17-16)22(20,21)18-10-4-2-1-3-5-11-18/h7-8,12H,1-6,9-11H2,(H,17,19). The summed E-state index contributed by atoms with van der Waals surface area (Å²) in [7, 11) is -3.43. The summed E-state index contributed by atoms with van der Waals surface area (Å²) < 4.78 is 27.3. The molecule has 2 aliphatic heterocycles. The highest BCUT2D eigenvalue weighted by Gasteiger charge is 2.26. The predicted octanol–water partition coefficient (Wildman–Crippen LogP) is 2.53.